The second kappa shape index (κ2) is 6.83. The van der Waals surface area contributed by atoms with Crippen molar-refractivity contribution in [3.05, 3.63) is 42.5 Å². The molecule has 2 nitrogen and oxygen atoms in total. The van der Waals surface area contributed by atoms with E-state index in [2.05, 4.69) is 23.4 Å². The molecule has 1 aromatic carbocycles. The van der Waals surface area contributed by atoms with E-state index in [4.69, 9.17) is 0 Å². The molecule has 0 bridgehead atoms. The molecule has 0 heterocycles. The highest BCUT2D eigenvalue weighted by Gasteiger charge is 2.01. The number of hydrogen-bond acceptors (Lipinski definition) is 2. The summed E-state index contributed by atoms with van der Waals surface area (Å²) in [6.45, 7) is 4.05. The van der Waals surface area contributed by atoms with Crippen molar-refractivity contribution in [3.63, 3.8) is 0 Å². The van der Waals surface area contributed by atoms with E-state index in [1.54, 1.807) is 0 Å². The molecule has 0 spiro atoms. The fourth-order valence-electron chi connectivity index (χ4n) is 1.53. The molecule has 0 fully saturated rings. The van der Waals surface area contributed by atoms with E-state index >= 15 is 0 Å². The van der Waals surface area contributed by atoms with Crippen molar-refractivity contribution in [3.8, 4) is 0 Å². The molecule has 0 unspecified atom stereocenters. The van der Waals surface area contributed by atoms with Gasteiger partial charge in [0, 0.05) is 6.42 Å². The summed E-state index contributed by atoms with van der Waals surface area (Å²) in [5, 5.41) is 0. The summed E-state index contributed by atoms with van der Waals surface area (Å²) in [6, 6.07) is 10.1. The summed E-state index contributed by atoms with van der Waals surface area (Å²) >= 11 is 0. The predicted molar refractivity (Wildman–Crippen MR) is 66.0 cm³/mol. The third-order valence-electron chi connectivity index (χ3n) is 2.52. The summed E-state index contributed by atoms with van der Waals surface area (Å²) in [6.07, 6.45) is 3.26. The third-order valence-corrected chi connectivity index (χ3v) is 2.52. The first kappa shape index (κ1) is 12.5. The minimum atomic E-state index is -0.134. The highest BCUT2D eigenvalue weighted by Crippen LogP contribution is 2.18. The molecule has 0 aliphatic heterocycles. The van der Waals surface area contributed by atoms with Crippen molar-refractivity contribution < 1.29 is 9.53 Å². The first-order valence-electron chi connectivity index (χ1n) is 5.54. The zero-order valence-electron chi connectivity index (χ0n) is 9.74. The maximum Gasteiger partial charge on any atom is 0.305 e. The van der Waals surface area contributed by atoms with Gasteiger partial charge in [0.2, 0.25) is 0 Å². The molecule has 2 heteroatoms. The molecular formula is C14H18O2. The number of carbonyl (C=O) groups excluding carboxylic acids is 1. The zero-order chi connectivity index (χ0) is 11.8. The molecule has 16 heavy (non-hydrogen) atoms. The molecule has 0 radical (unpaired) electrons. The summed E-state index contributed by atoms with van der Waals surface area (Å²) in [7, 11) is 1.42. The van der Waals surface area contributed by atoms with Crippen molar-refractivity contribution in [1.82, 2.24) is 0 Å². The Bertz CT molecular complexity index is 341. The van der Waals surface area contributed by atoms with E-state index in [0.717, 1.165) is 24.8 Å². The molecule has 0 aliphatic rings. The number of carbonyl (C=O) groups is 1. The van der Waals surface area contributed by atoms with Crippen LogP contribution in [0.4, 0.5) is 0 Å². The number of allylic oxidation sites excluding steroid dienone is 1. The van der Waals surface area contributed by atoms with Gasteiger partial charge in [-0.3, -0.25) is 4.79 Å². The van der Waals surface area contributed by atoms with Gasteiger partial charge in [-0.2, -0.15) is 0 Å². The van der Waals surface area contributed by atoms with Gasteiger partial charge in [0.05, 0.1) is 7.11 Å². The van der Waals surface area contributed by atoms with Crippen LogP contribution < -0.4 is 0 Å². The lowest BCUT2D eigenvalue weighted by Crippen LogP contribution is -1.99. The molecule has 1 rings (SSSR count). The number of rotatable bonds is 6. The SMILES string of the molecule is C=C(CCCCC(=O)OC)c1ccccc1. The van der Waals surface area contributed by atoms with Crippen molar-refractivity contribution in [1.29, 1.82) is 0 Å². The van der Waals surface area contributed by atoms with Gasteiger partial charge in [0.25, 0.3) is 0 Å². The molecule has 0 N–H and O–H groups in total. The molecule has 0 aromatic heterocycles. The Kier molecular flexibility index (Phi) is 5.34. The van der Waals surface area contributed by atoms with Crippen LogP contribution in [0.15, 0.2) is 36.9 Å². The van der Waals surface area contributed by atoms with Crippen LogP contribution in [0.3, 0.4) is 0 Å². The molecule has 86 valence electrons. The normalized spacial score (nSPS) is 9.81. The lowest BCUT2D eigenvalue weighted by atomic mass is 10.0. The van der Waals surface area contributed by atoms with Gasteiger partial charge in [0.1, 0.15) is 0 Å². The van der Waals surface area contributed by atoms with E-state index in [0.29, 0.717) is 6.42 Å². The number of hydrogen-bond donors (Lipinski definition) is 0. The fourth-order valence-corrected chi connectivity index (χ4v) is 1.53. The van der Waals surface area contributed by atoms with Gasteiger partial charge >= 0.3 is 5.97 Å². The highest BCUT2D eigenvalue weighted by molar-refractivity contribution is 5.69. The summed E-state index contributed by atoms with van der Waals surface area (Å²) in [4.78, 5) is 10.9. The van der Waals surface area contributed by atoms with Crippen LogP contribution in [-0.2, 0) is 9.53 Å². The van der Waals surface area contributed by atoms with E-state index in [1.165, 1.54) is 12.7 Å². The Morgan fingerprint density at radius 3 is 2.44 bits per heavy atom. The Balaban J connectivity index is 2.24. The maximum atomic E-state index is 10.9. The van der Waals surface area contributed by atoms with Crippen LogP contribution >= 0.6 is 0 Å². The number of ether oxygens (including phenoxy) is 1. The molecule has 0 saturated carbocycles. The average Bonchev–Trinajstić information content (AvgIpc) is 2.35. The van der Waals surface area contributed by atoms with Crippen molar-refractivity contribution >= 4 is 11.5 Å². The van der Waals surface area contributed by atoms with E-state index in [1.807, 2.05) is 18.2 Å². The van der Waals surface area contributed by atoms with Crippen LogP contribution in [0.2, 0.25) is 0 Å². The Labute approximate surface area is 96.9 Å². The van der Waals surface area contributed by atoms with Gasteiger partial charge in [0.15, 0.2) is 0 Å². The van der Waals surface area contributed by atoms with Crippen molar-refractivity contribution in [2.45, 2.75) is 25.7 Å². The maximum absolute atomic E-state index is 10.9. The Morgan fingerprint density at radius 1 is 1.19 bits per heavy atom. The third kappa shape index (κ3) is 4.30. The van der Waals surface area contributed by atoms with E-state index in [9.17, 15) is 4.79 Å². The van der Waals surface area contributed by atoms with E-state index in [-0.39, 0.29) is 5.97 Å². The molecule has 0 atom stereocenters. The minimum Gasteiger partial charge on any atom is -0.469 e. The first-order chi connectivity index (χ1) is 7.74. The standard InChI is InChI=1S/C14H18O2/c1-12(13-9-4-3-5-10-13)8-6-7-11-14(15)16-2/h3-5,9-10H,1,6-8,11H2,2H3. The molecular weight excluding hydrogens is 200 g/mol. The minimum absolute atomic E-state index is 0.134. The van der Waals surface area contributed by atoms with Gasteiger partial charge in [-0.1, -0.05) is 36.9 Å². The smallest absolute Gasteiger partial charge is 0.305 e. The average molecular weight is 218 g/mol. The van der Waals surface area contributed by atoms with Crippen LogP contribution in [-0.4, -0.2) is 13.1 Å². The molecule has 0 saturated heterocycles. The summed E-state index contributed by atoms with van der Waals surface area (Å²) < 4.78 is 4.58. The molecule has 1 aromatic rings. The summed E-state index contributed by atoms with van der Waals surface area (Å²) in [5.41, 5.74) is 2.31. The largest absolute Gasteiger partial charge is 0.469 e. The Morgan fingerprint density at radius 2 is 1.81 bits per heavy atom. The number of unbranched alkanes of at least 4 members (excludes halogenated alkanes) is 1. The van der Waals surface area contributed by atoms with Crippen molar-refractivity contribution in [2.24, 2.45) is 0 Å². The van der Waals surface area contributed by atoms with Crippen molar-refractivity contribution in [2.75, 3.05) is 7.11 Å². The topological polar surface area (TPSA) is 26.3 Å². The van der Waals surface area contributed by atoms with Crippen LogP contribution in [0.1, 0.15) is 31.2 Å². The lowest BCUT2D eigenvalue weighted by Gasteiger charge is -2.05. The van der Waals surface area contributed by atoms with Gasteiger partial charge in [-0.25, -0.2) is 0 Å². The second-order valence-corrected chi connectivity index (χ2v) is 3.75. The van der Waals surface area contributed by atoms with E-state index < -0.39 is 0 Å². The summed E-state index contributed by atoms with van der Waals surface area (Å²) in [5.74, 6) is -0.134. The molecule has 0 aliphatic carbocycles. The monoisotopic (exact) mass is 218 g/mol. The van der Waals surface area contributed by atoms with Gasteiger partial charge < -0.3 is 4.74 Å². The number of methoxy groups -OCH3 is 1. The van der Waals surface area contributed by atoms with Gasteiger partial charge in [-0.05, 0) is 30.4 Å². The highest BCUT2D eigenvalue weighted by atomic mass is 16.5. The lowest BCUT2D eigenvalue weighted by molar-refractivity contribution is -0.140. The number of benzene rings is 1. The van der Waals surface area contributed by atoms with Gasteiger partial charge in [-0.15, -0.1) is 0 Å². The zero-order valence-corrected chi connectivity index (χ0v) is 9.74. The fraction of sp³-hybridized carbons (Fsp3) is 0.357. The number of esters is 1. The predicted octanol–water partition coefficient (Wildman–Crippen LogP) is 3.43. The van der Waals surface area contributed by atoms with Crippen LogP contribution in [0.25, 0.3) is 5.57 Å². The Hall–Kier alpha value is -1.57. The van der Waals surface area contributed by atoms with Crippen LogP contribution in [0.5, 0.6) is 0 Å². The second-order valence-electron chi connectivity index (χ2n) is 3.75. The first-order valence-corrected chi connectivity index (χ1v) is 5.54. The molecule has 0 amide bonds. The quantitative estimate of drug-likeness (QED) is 0.540. The van der Waals surface area contributed by atoms with Crippen LogP contribution in [0, 0.1) is 0 Å².